The van der Waals surface area contributed by atoms with Crippen molar-refractivity contribution < 1.29 is 8.42 Å². The number of aryl methyl sites for hydroxylation is 1. The van der Waals surface area contributed by atoms with E-state index in [0.29, 0.717) is 0 Å². The van der Waals surface area contributed by atoms with Gasteiger partial charge in [-0.1, -0.05) is 30.0 Å². The number of benzene rings is 1. The summed E-state index contributed by atoms with van der Waals surface area (Å²) in [5, 5.41) is 0. The van der Waals surface area contributed by atoms with Crippen LogP contribution in [0.25, 0.3) is 0 Å². The van der Waals surface area contributed by atoms with Gasteiger partial charge < -0.3 is 0 Å². The Hall–Kier alpha value is -0.740. The van der Waals surface area contributed by atoms with E-state index in [2.05, 4.69) is 0 Å². The summed E-state index contributed by atoms with van der Waals surface area (Å²) in [5.41, 5.74) is 1.09. The fourth-order valence-electron chi connectivity index (χ4n) is 0.780. The van der Waals surface area contributed by atoms with E-state index >= 15 is 0 Å². The van der Waals surface area contributed by atoms with Crippen LogP contribution in [0.2, 0.25) is 0 Å². The summed E-state index contributed by atoms with van der Waals surface area (Å²) >= 11 is 1.22. The van der Waals surface area contributed by atoms with E-state index in [1.54, 1.807) is 0 Å². The van der Waals surface area contributed by atoms with Crippen LogP contribution in [-0.4, -0.2) is 13.1 Å². The lowest BCUT2D eigenvalue weighted by atomic mass is 10.2. The summed E-state index contributed by atoms with van der Waals surface area (Å²) in [6.07, 6.45) is 0. The fraction of sp³-hybridized carbons (Fsp3) is 0.125. The molecule has 0 heterocycles. The molecule has 1 aromatic rings. The third-order valence-electron chi connectivity index (χ3n) is 1.35. The summed E-state index contributed by atoms with van der Waals surface area (Å²) in [7, 11) is -2.09. The smallest absolute Gasteiger partial charge is 0.184 e. The Labute approximate surface area is 77.1 Å². The van der Waals surface area contributed by atoms with Gasteiger partial charge in [-0.2, -0.15) is 8.42 Å². The van der Waals surface area contributed by atoms with Gasteiger partial charge in [0.05, 0.1) is 4.70 Å². The molecule has 2 nitrogen and oxygen atoms in total. The van der Waals surface area contributed by atoms with Gasteiger partial charge in [-0.25, -0.2) is 0 Å². The average Bonchev–Trinajstić information content (AvgIpc) is 2.03. The molecule has 0 bridgehead atoms. The van der Waals surface area contributed by atoms with Crippen molar-refractivity contribution in [2.75, 3.05) is 0 Å². The standard InChI is InChI=1S/C8H8O2S2/c1-7-4-2-3-5-8(7)11-6-12(9)10/h2-6H,1H3. The number of thioether (sulfide) groups is 1. The Morgan fingerprint density at radius 1 is 1.33 bits per heavy atom. The van der Waals surface area contributed by atoms with Crippen LogP contribution < -0.4 is 0 Å². The van der Waals surface area contributed by atoms with E-state index in [9.17, 15) is 8.42 Å². The highest BCUT2D eigenvalue weighted by Gasteiger charge is 1.93. The van der Waals surface area contributed by atoms with Crippen molar-refractivity contribution in [2.45, 2.75) is 11.8 Å². The molecule has 1 aromatic carbocycles. The monoisotopic (exact) mass is 200 g/mol. The zero-order chi connectivity index (χ0) is 8.97. The van der Waals surface area contributed by atoms with Crippen molar-refractivity contribution in [2.24, 2.45) is 0 Å². The molecule has 64 valence electrons. The zero-order valence-corrected chi connectivity index (χ0v) is 8.15. The van der Waals surface area contributed by atoms with Crippen LogP contribution in [0.1, 0.15) is 5.56 Å². The summed E-state index contributed by atoms with van der Waals surface area (Å²) in [4.78, 5) is 0.974. The van der Waals surface area contributed by atoms with Crippen molar-refractivity contribution in [3.8, 4) is 0 Å². The molecule has 0 radical (unpaired) electrons. The highest BCUT2D eigenvalue weighted by atomic mass is 32.2. The highest BCUT2D eigenvalue weighted by molar-refractivity contribution is 8.19. The van der Waals surface area contributed by atoms with Gasteiger partial charge in [-0.05, 0) is 18.6 Å². The molecule has 0 spiro atoms. The van der Waals surface area contributed by atoms with Crippen LogP contribution in [0.4, 0.5) is 0 Å². The maximum atomic E-state index is 10.2. The van der Waals surface area contributed by atoms with E-state index in [1.165, 1.54) is 16.5 Å². The maximum Gasteiger partial charge on any atom is 0.220 e. The molecule has 0 aliphatic heterocycles. The largest absolute Gasteiger partial charge is 0.220 e. The van der Waals surface area contributed by atoms with E-state index in [-0.39, 0.29) is 0 Å². The fourth-order valence-corrected chi connectivity index (χ4v) is 1.92. The van der Waals surface area contributed by atoms with Gasteiger partial charge in [-0.15, -0.1) is 0 Å². The molecule has 0 atom stereocenters. The predicted octanol–water partition coefficient (Wildman–Crippen LogP) is 1.73. The minimum absolute atomic E-state index is 0.974. The van der Waals surface area contributed by atoms with Crippen molar-refractivity contribution in [3.63, 3.8) is 0 Å². The first-order valence-electron chi connectivity index (χ1n) is 3.34. The minimum atomic E-state index is -2.09. The van der Waals surface area contributed by atoms with Gasteiger partial charge in [0.15, 0.2) is 0 Å². The van der Waals surface area contributed by atoms with Gasteiger partial charge in [0.25, 0.3) is 0 Å². The number of hydrogen-bond donors (Lipinski definition) is 0. The molecular formula is C8H8O2S2. The molecular weight excluding hydrogens is 192 g/mol. The first-order chi connectivity index (χ1) is 5.70. The molecule has 0 saturated heterocycles. The van der Waals surface area contributed by atoms with Crippen LogP contribution in [0, 0.1) is 6.92 Å². The van der Waals surface area contributed by atoms with E-state index < -0.39 is 10.3 Å². The minimum Gasteiger partial charge on any atom is -0.184 e. The molecule has 4 heteroatoms. The van der Waals surface area contributed by atoms with Crippen molar-refractivity contribution in [3.05, 3.63) is 29.8 Å². The molecule has 12 heavy (non-hydrogen) atoms. The molecule has 1 rings (SSSR count). The van der Waals surface area contributed by atoms with Crippen molar-refractivity contribution >= 4 is 26.8 Å². The lowest BCUT2D eigenvalue weighted by molar-refractivity contribution is 0.627. The van der Waals surface area contributed by atoms with Gasteiger partial charge in [0.1, 0.15) is 0 Å². The lowest BCUT2D eigenvalue weighted by Gasteiger charge is -1.97. The summed E-state index contributed by atoms with van der Waals surface area (Å²) in [6, 6.07) is 7.65. The number of hydrogen-bond acceptors (Lipinski definition) is 3. The molecule has 0 aliphatic carbocycles. The number of rotatable bonds is 2. The molecule has 0 unspecified atom stereocenters. The molecule has 0 fully saturated rings. The molecule has 0 N–H and O–H groups in total. The van der Waals surface area contributed by atoms with E-state index in [0.717, 1.165) is 10.5 Å². The second-order valence-electron chi connectivity index (χ2n) is 2.24. The third-order valence-corrected chi connectivity index (χ3v) is 3.07. The van der Waals surface area contributed by atoms with Crippen LogP contribution in [-0.2, 0) is 10.3 Å². The SMILES string of the molecule is Cc1ccccc1SC=S(=O)=O. The second kappa shape index (κ2) is 4.33. The first-order valence-corrected chi connectivity index (χ1v) is 5.35. The molecule has 0 aliphatic rings. The third kappa shape index (κ3) is 2.71. The Morgan fingerprint density at radius 2 is 2.00 bits per heavy atom. The topological polar surface area (TPSA) is 34.1 Å². The predicted molar refractivity (Wildman–Crippen MR) is 52.0 cm³/mol. The van der Waals surface area contributed by atoms with E-state index in [4.69, 9.17) is 0 Å². The van der Waals surface area contributed by atoms with Crippen LogP contribution >= 0.6 is 11.8 Å². The van der Waals surface area contributed by atoms with E-state index in [1.807, 2.05) is 31.2 Å². The second-order valence-corrected chi connectivity index (χ2v) is 4.21. The molecule has 0 saturated carbocycles. The quantitative estimate of drug-likeness (QED) is 0.538. The Kier molecular flexibility index (Phi) is 3.37. The lowest BCUT2D eigenvalue weighted by Crippen LogP contribution is -1.77. The first kappa shape index (κ1) is 9.35. The summed E-state index contributed by atoms with van der Waals surface area (Å²) in [6.45, 7) is 1.95. The van der Waals surface area contributed by atoms with Gasteiger partial charge >= 0.3 is 0 Å². The van der Waals surface area contributed by atoms with Crippen LogP contribution in [0.15, 0.2) is 29.2 Å². The maximum absolute atomic E-state index is 10.2. The normalized spacial score (nSPS) is 9.42. The zero-order valence-electron chi connectivity index (χ0n) is 6.52. The summed E-state index contributed by atoms with van der Waals surface area (Å²) in [5.74, 6) is 0. The molecule has 0 aromatic heterocycles. The molecule has 0 amide bonds. The Balaban J connectivity index is 2.90. The van der Waals surface area contributed by atoms with Gasteiger partial charge in [0, 0.05) is 4.90 Å². The Bertz CT molecular complexity index is 385. The van der Waals surface area contributed by atoms with Gasteiger partial charge in [0.2, 0.25) is 10.3 Å². The van der Waals surface area contributed by atoms with Crippen LogP contribution in [0.5, 0.6) is 0 Å². The van der Waals surface area contributed by atoms with Gasteiger partial charge in [-0.3, -0.25) is 0 Å². The summed E-state index contributed by atoms with van der Waals surface area (Å²) < 4.78 is 21.6. The van der Waals surface area contributed by atoms with Crippen molar-refractivity contribution in [1.82, 2.24) is 0 Å². The Morgan fingerprint density at radius 3 is 2.58 bits per heavy atom. The average molecular weight is 200 g/mol. The van der Waals surface area contributed by atoms with Crippen molar-refractivity contribution in [1.29, 1.82) is 0 Å². The van der Waals surface area contributed by atoms with Crippen LogP contribution in [0.3, 0.4) is 0 Å². The highest BCUT2D eigenvalue weighted by Crippen LogP contribution is 2.18.